The van der Waals surface area contributed by atoms with Crippen molar-refractivity contribution in [3.63, 3.8) is 0 Å². The number of hydrogen-bond donors (Lipinski definition) is 0. The minimum absolute atomic E-state index is 0.340. The van der Waals surface area contributed by atoms with Gasteiger partial charge in [-0.1, -0.05) is 115 Å². The molecular weight excluding hydrogens is 617 g/mol. The molecule has 2 amide bonds. The molecule has 50 heavy (non-hydrogen) atoms. The van der Waals surface area contributed by atoms with E-state index in [4.69, 9.17) is 6.57 Å². The fourth-order valence-electron chi connectivity index (χ4n) is 7.20. The maximum absolute atomic E-state index is 14.9. The number of pyridine rings is 1. The largest absolute Gasteiger partial charge is 0.308 e. The van der Waals surface area contributed by atoms with E-state index in [1.165, 1.54) is 4.90 Å². The number of para-hydroxylation sites is 2. The van der Waals surface area contributed by atoms with Crippen molar-refractivity contribution in [1.82, 2.24) is 9.55 Å². The number of aromatic nitrogens is 2. The number of hydrogen-bond acceptors (Lipinski definition) is 3. The van der Waals surface area contributed by atoms with Crippen LogP contribution in [-0.4, -0.2) is 21.4 Å². The van der Waals surface area contributed by atoms with E-state index in [-0.39, 0.29) is 11.8 Å². The number of rotatable bonds is 5. The lowest BCUT2D eigenvalue weighted by Gasteiger charge is -2.20. The van der Waals surface area contributed by atoms with Gasteiger partial charge in [-0.05, 0) is 52.6 Å². The van der Waals surface area contributed by atoms with Crippen LogP contribution in [0, 0.1) is 6.57 Å². The fraction of sp³-hybridized carbons (Fsp3) is 0. The van der Waals surface area contributed by atoms with Gasteiger partial charge in [-0.2, -0.15) is 0 Å². The summed E-state index contributed by atoms with van der Waals surface area (Å²) < 4.78 is 2.08. The van der Waals surface area contributed by atoms with Crippen molar-refractivity contribution in [1.29, 1.82) is 0 Å². The number of fused-ring (bicyclic) bond motifs is 4. The van der Waals surface area contributed by atoms with Crippen LogP contribution in [0.1, 0.15) is 20.7 Å². The van der Waals surface area contributed by atoms with E-state index >= 15 is 0 Å². The summed E-state index contributed by atoms with van der Waals surface area (Å²) in [6.07, 6.45) is 3.30. The van der Waals surface area contributed by atoms with Crippen LogP contribution < -0.4 is 4.90 Å². The third-order valence-corrected chi connectivity index (χ3v) is 9.42. The molecule has 0 saturated heterocycles. The topological polar surface area (TPSA) is 59.6 Å². The summed E-state index contributed by atoms with van der Waals surface area (Å²) in [4.78, 5) is 38.7. The average Bonchev–Trinajstić information content (AvgIpc) is 3.66. The average molecular weight is 643 g/mol. The molecule has 1 aliphatic rings. The van der Waals surface area contributed by atoms with Crippen LogP contribution in [0.2, 0.25) is 0 Å². The Bertz CT molecular complexity index is 2710. The summed E-state index contributed by atoms with van der Waals surface area (Å²) in [5.41, 5.74) is 9.24. The first-order chi connectivity index (χ1) is 24.6. The molecule has 6 heteroatoms. The van der Waals surface area contributed by atoms with E-state index in [9.17, 15) is 9.59 Å². The van der Waals surface area contributed by atoms with Gasteiger partial charge >= 0.3 is 0 Å². The Balaban J connectivity index is 1.29. The summed E-state index contributed by atoms with van der Waals surface area (Å²) in [6, 6.07) is 47.2. The van der Waals surface area contributed by atoms with Crippen LogP contribution in [-0.2, 0) is 0 Å². The van der Waals surface area contributed by atoms with E-state index in [0.29, 0.717) is 28.2 Å². The summed E-state index contributed by atoms with van der Waals surface area (Å²) in [6.45, 7) is 7.58. The maximum atomic E-state index is 14.9. The van der Waals surface area contributed by atoms with Crippen LogP contribution >= 0.6 is 0 Å². The Morgan fingerprint density at radius 3 is 2.02 bits per heavy atom. The zero-order chi connectivity index (χ0) is 33.8. The van der Waals surface area contributed by atoms with Crippen molar-refractivity contribution in [2.24, 2.45) is 0 Å². The highest BCUT2D eigenvalue weighted by atomic mass is 16.2. The van der Waals surface area contributed by atoms with Gasteiger partial charge in [0.2, 0.25) is 5.69 Å². The highest BCUT2D eigenvalue weighted by molar-refractivity contribution is 6.36. The maximum Gasteiger partial charge on any atom is 0.268 e. The Morgan fingerprint density at radius 2 is 1.22 bits per heavy atom. The van der Waals surface area contributed by atoms with Crippen molar-refractivity contribution in [2.45, 2.75) is 0 Å². The molecule has 0 N–H and O–H groups in total. The van der Waals surface area contributed by atoms with Crippen LogP contribution in [0.4, 0.5) is 11.4 Å². The number of nitrogens with zero attached hydrogens (tertiary/aromatic N) is 4. The van der Waals surface area contributed by atoms with E-state index in [1.54, 1.807) is 18.5 Å². The molecule has 3 heterocycles. The fourth-order valence-corrected chi connectivity index (χ4v) is 7.20. The molecule has 0 spiro atoms. The molecule has 8 aromatic rings. The van der Waals surface area contributed by atoms with Crippen molar-refractivity contribution >= 4 is 45.0 Å². The monoisotopic (exact) mass is 642 g/mol. The molecule has 0 fully saturated rings. The Hall–Kier alpha value is -7.10. The molecule has 0 saturated carbocycles. The lowest BCUT2D eigenvalue weighted by molar-refractivity contribution is 0.0926. The number of imide groups is 1. The molecule has 0 aliphatic carbocycles. The number of anilines is 1. The second-order valence-corrected chi connectivity index (χ2v) is 12.2. The number of carbonyl (C=O) groups excluding carboxylic acids is 2. The third kappa shape index (κ3) is 4.45. The van der Waals surface area contributed by atoms with Gasteiger partial charge in [0.05, 0.1) is 40.1 Å². The first kappa shape index (κ1) is 29.1. The quantitative estimate of drug-likeness (QED) is 0.139. The summed E-state index contributed by atoms with van der Waals surface area (Å²) in [5, 5.41) is 1.99. The van der Waals surface area contributed by atoms with E-state index in [1.807, 2.05) is 127 Å². The molecule has 6 aromatic carbocycles. The minimum Gasteiger partial charge on any atom is -0.308 e. The van der Waals surface area contributed by atoms with Crippen LogP contribution in [0.3, 0.4) is 0 Å². The van der Waals surface area contributed by atoms with Gasteiger partial charge < -0.3 is 4.57 Å². The molecule has 1 aliphatic heterocycles. The standard InChI is InChI=1S/C44H26N4O2/c1-45-32-24-31(26-46-27-32)34-17-10-18-36-35-16-8-9-20-38(35)47(42(34)36)39-21-11-19-37-41(39)44(50)48(43(37)49)40-25-30(28-12-4-2-5-13-28)22-23-33(40)29-14-6-3-7-15-29/h2-27H. The van der Waals surface area contributed by atoms with Gasteiger partial charge in [-0.3, -0.25) is 14.6 Å². The predicted octanol–water partition coefficient (Wildman–Crippen LogP) is 10.5. The highest BCUT2D eigenvalue weighted by Crippen LogP contribution is 2.43. The zero-order valence-corrected chi connectivity index (χ0v) is 26.6. The van der Waals surface area contributed by atoms with Crippen molar-refractivity contribution in [3.8, 4) is 39.1 Å². The lowest BCUT2D eigenvalue weighted by Crippen LogP contribution is -2.30. The molecular formula is C44H26N4O2. The van der Waals surface area contributed by atoms with Crippen molar-refractivity contribution in [3.05, 3.63) is 181 Å². The molecule has 234 valence electrons. The van der Waals surface area contributed by atoms with E-state index < -0.39 is 0 Å². The van der Waals surface area contributed by atoms with Crippen molar-refractivity contribution < 1.29 is 9.59 Å². The molecule has 2 aromatic heterocycles. The lowest BCUT2D eigenvalue weighted by atomic mass is 9.97. The van der Waals surface area contributed by atoms with Gasteiger partial charge in [-0.25, -0.2) is 9.74 Å². The summed E-state index contributed by atoms with van der Waals surface area (Å²) >= 11 is 0. The predicted molar refractivity (Wildman–Crippen MR) is 199 cm³/mol. The summed E-state index contributed by atoms with van der Waals surface area (Å²) in [7, 11) is 0. The molecule has 0 radical (unpaired) electrons. The van der Waals surface area contributed by atoms with E-state index in [0.717, 1.165) is 55.2 Å². The minimum atomic E-state index is -0.386. The Morgan fingerprint density at radius 1 is 0.520 bits per heavy atom. The first-order valence-corrected chi connectivity index (χ1v) is 16.2. The number of amides is 2. The smallest absolute Gasteiger partial charge is 0.268 e. The van der Waals surface area contributed by atoms with Gasteiger partial charge in [-0.15, -0.1) is 0 Å². The summed E-state index contributed by atoms with van der Waals surface area (Å²) in [5.74, 6) is -0.757. The second kappa shape index (κ2) is 11.6. The SMILES string of the molecule is [C-]#[N+]c1cncc(-c2cccc3c4ccccc4n(-c4cccc5c4C(=O)N(c4cc(-c6ccccc6)ccc4-c4ccccc4)C5=O)c23)c1. The zero-order valence-electron chi connectivity index (χ0n) is 26.6. The normalized spacial score (nSPS) is 12.4. The number of benzene rings is 6. The second-order valence-electron chi connectivity index (χ2n) is 12.2. The van der Waals surface area contributed by atoms with Gasteiger partial charge in [0.15, 0.2) is 0 Å². The third-order valence-electron chi connectivity index (χ3n) is 9.42. The molecule has 6 nitrogen and oxygen atoms in total. The van der Waals surface area contributed by atoms with Gasteiger partial charge in [0.1, 0.15) is 0 Å². The Kier molecular flexibility index (Phi) is 6.72. The van der Waals surface area contributed by atoms with Gasteiger partial charge in [0, 0.05) is 34.3 Å². The number of carbonyl (C=O) groups is 2. The van der Waals surface area contributed by atoms with Crippen LogP contribution in [0.15, 0.2) is 158 Å². The molecule has 0 bridgehead atoms. The van der Waals surface area contributed by atoms with E-state index in [2.05, 4.69) is 26.5 Å². The highest BCUT2D eigenvalue weighted by Gasteiger charge is 2.40. The van der Waals surface area contributed by atoms with Crippen LogP contribution in [0.5, 0.6) is 0 Å². The van der Waals surface area contributed by atoms with Crippen LogP contribution in [0.25, 0.3) is 65.7 Å². The first-order valence-electron chi connectivity index (χ1n) is 16.2. The van der Waals surface area contributed by atoms with Crippen molar-refractivity contribution in [2.75, 3.05) is 4.90 Å². The molecule has 0 unspecified atom stereocenters. The van der Waals surface area contributed by atoms with Gasteiger partial charge in [0.25, 0.3) is 11.8 Å². The molecule has 0 atom stereocenters. The molecule has 9 rings (SSSR count). The Labute approximate surface area is 287 Å².